The Balaban J connectivity index is 1.90. The first kappa shape index (κ1) is 13.9. The van der Waals surface area contributed by atoms with E-state index >= 15 is 0 Å². The third-order valence-corrected chi connectivity index (χ3v) is 3.71. The highest BCUT2D eigenvalue weighted by Crippen LogP contribution is 2.37. The summed E-state index contributed by atoms with van der Waals surface area (Å²) in [6, 6.07) is 0.454. The van der Waals surface area contributed by atoms with Crippen molar-refractivity contribution in [2.45, 2.75) is 36.1 Å². The van der Waals surface area contributed by atoms with Gasteiger partial charge in [0.1, 0.15) is 0 Å². The van der Waals surface area contributed by atoms with Crippen molar-refractivity contribution in [1.82, 2.24) is 29.7 Å². The van der Waals surface area contributed by atoms with Gasteiger partial charge in [-0.15, -0.1) is 5.10 Å². The summed E-state index contributed by atoms with van der Waals surface area (Å²) < 4.78 is 6.71. The van der Waals surface area contributed by atoms with E-state index in [1.54, 1.807) is 4.57 Å². The largest absolute Gasteiger partial charge is 0.467 e. The molecular weight excluding hydrogens is 294 g/mol. The number of aromatic nitrogens is 6. The summed E-state index contributed by atoms with van der Waals surface area (Å²) in [5, 5.41) is 10.5. The summed E-state index contributed by atoms with van der Waals surface area (Å²) in [5.41, 5.74) is -0.201. The highest BCUT2D eigenvalue weighted by molar-refractivity contribution is 7.99. The summed E-state index contributed by atoms with van der Waals surface area (Å²) in [6.45, 7) is 2.63. The Morgan fingerprint density at radius 3 is 2.90 bits per heavy atom. The van der Waals surface area contributed by atoms with Gasteiger partial charge in [0.25, 0.3) is 0 Å². The lowest BCUT2D eigenvalue weighted by Crippen LogP contribution is -2.16. The quantitative estimate of drug-likeness (QED) is 0.801. The summed E-state index contributed by atoms with van der Waals surface area (Å²) in [6.07, 6.45) is 1.99. The highest BCUT2D eigenvalue weighted by atomic mass is 32.2. The monoisotopic (exact) mass is 309 g/mol. The number of nitrogens with one attached hydrogen (secondary N) is 2. The van der Waals surface area contributed by atoms with E-state index in [0.29, 0.717) is 22.8 Å². The third kappa shape index (κ3) is 2.99. The second-order valence-corrected chi connectivity index (χ2v) is 5.41. The summed E-state index contributed by atoms with van der Waals surface area (Å²) >= 11 is 1.21. The van der Waals surface area contributed by atoms with Gasteiger partial charge >= 0.3 is 11.7 Å². The van der Waals surface area contributed by atoms with Crippen molar-refractivity contribution < 1.29 is 4.74 Å². The summed E-state index contributed by atoms with van der Waals surface area (Å²) in [5.74, 6) is 0.433. The Labute approximate surface area is 124 Å². The van der Waals surface area contributed by atoms with Crippen LogP contribution in [0, 0.1) is 0 Å². The van der Waals surface area contributed by atoms with E-state index in [1.165, 1.54) is 18.9 Å². The fourth-order valence-electron chi connectivity index (χ4n) is 1.81. The lowest BCUT2D eigenvalue weighted by Gasteiger charge is -2.06. The molecule has 0 aromatic carbocycles. The first-order valence-electron chi connectivity index (χ1n) is 6.60. The van der Waals surface area contributed by atoms with E-state index < -0.39 is 0 Å². The maximum absolute atomic E-state index is 11.7. The number of hydrogen-bond donors (Lipinski definition) is 2. The first-order valence-corrected chi connectivity index (χ1v) is 7.41. The number of aromatic amines is 1. The summed E-state index contributed by atoms with van der Waals surface area (Å²) in [4.78, 5) is 24.3. The van der Waals surface area contributed by atoms with Crippen molar-refractivity contribution in [3.63, 3.8) is 0 Å². The molecule has 1 aliphatic carbocycles. The number of methoxy groups -OCH3 is 1. The number of rotatable bonds is 6. The molecular formula is C11H15N7O2S. The van der Waals surface area contributed by atoms with Crippen LogP contribution in [-0.4, -0.2) is 43.4 Å². The normalized spacial score (nSPS) is 14.2. The second-order valence-electron chi connectivity index (χ2n) is 4.47. The van der Waals surface area contributed by atoms with E-state index in [0.717, 1.165) is 12.8 Å². The predicted octanol–water partition coefficient (Wildman–Crippen LogP) is 0.683. The molecule has 9 nitrogen and oxygen atoms in total. The van der Waals surface area contributed by atoms with Crippen LogP contribution in [0.5, 0.6) is 6.01 Å². The van der Waals surface area contributed by atoms with Crippen LogP contribution in [0.1, 0.15) is 25.8 Å². The van der Waals surface area contributed by atoms with Crippen molar-refractivity contribution >= 4 is 17.7 Å². The minimum absolute atomic E-state index is 0.201. The van der Waals surface area contributed by atoms with E-state index in [4.69, 9.17) is 4.74 Å². The van der Waals surface area contributed by atoms with Crippen LogP contribution >= 0.6 is 11.8 Å². The SMILES string of the molecule is CCNc1nc(OC)nc(Sc2n[nH]c(=O)n2C2CC2)n1. The summed E-state index contributed by atoms with van der Waals surface area (Å²) in [7, 11) is 1.49. The van der Waals surface area contributed by atoms with Gasteiger partial charge in [0.15, 0.2) is 5.16 Å². The van der Waals surface area contributed by atoms with Crippen molar-refractivity contribution in [1.29, 1.82) is 0 Å². The van der Waals surface area contributed by atoms with Crippen LogP contribution in [0.25, 0.3) is 0 Å². The molecule has 0 spiro atoms. The zero-order valence-corrected chi connectivity index (χ0v) is 12.5. The van der Waals surface area contributed by atoms with Gasteiger partial charge in [-0.3, -0.25) is 4.57 Å². The van der Waals surface area contributed by atoms with Crippen LogP contribution in [-0.2, 0) is 0 Å². The molecule has 0 unspecified atom stereocenters. The fourth-order valence-corrected chi connectivity index (χ4v) is 2.65. The average Bonchev–Trinajstić information content (AvgIpc) is 3.24. The van der Waals surface area contributed by atoms with Crippen LogP contribution in [0.4, 0.5) is 5.95 Å². The smallest absolute Gasteiger partial charge is 0.344 e. The lowest BCUT2D eigenvalue weighted by molar-refractivity contribution is 0.373. The van der Waals surface area contributed by atoms with E-state index in [9.17, 15) is 4.79 Å². The molecule has 2 heterocycles. The predicted molar refractivity (Wildman–Crippen MR) is 75.8 cm³/mol. The zero-order chi connectivity index (χ0) is 14.8. The maximum atomic E-state index is 11.7. The van der Waals surface area contributed by atoms with Gasteiger partial charge in [-0.1, -0.05) is 0 Å². The zero-order valence-electron chi connectivity index (χ0n) is 11.7. The molecule has 0 radical (unpaired) electrons. The minimum atomic E-state index is -0.201. The first-order chi connectivity index (χ1) is 10.2. The lowest BCUT2D eigenvalue weighted by atomic mass is 10.7. The Bertz CT molecular complexity index is 694. The van der Waals surface area contributed by atoms with Crippen molar-refractivity contribution in [3.05, 3.63) is 10.5 Å². The van der Waals surface area contributed by atoms with E-state index in [-0.39, 0.29) is 17.7 Å². The number of anilines is 1. The molecule has 0 aliphatic heterocycles. The van der Waals surface area contributed by atoms with Crippen LogP contribution in [0.3, 0.4) is 0 Å². The van der Waals surface area contributed by atoms with E-state index in [2.05, 4.69) is 30.5 Å². The molecule has 2 aromatic heterocycles. The van der Waals surface area contributed by atoms with Crippen molar-refractivity contribution in [2.75, 3.05) is 19.0 Å². The topological polar surface area (TPSA) is 111 Å². The Morgan fingerprint density at radius 2 is 2.24 bits per heavy atom. The Morgan fingerprint density at radius 1 is 1.43 bits per heavy atom. The van der Waals surface area contributed by atoms with E-state index in [1.807, 2.05) is 6.92 Å². The number of ether oxygens (including phenoxy) is 1. The fraction of sp³-hybridized carbons (Fsp3) is 0.545. The maximum Gasteiger partial charge on any atom is 0.344 e. The number of hydrogen-bond acceptors (Lipinski definition) is 8. The number of nitrogens with zero attached hydrogens (tertiary/aromatic N) is 5. The van der Waals surface area contributed by atoms with Crippen molar-refractivity contribution in [3.8, 4) is 6.01 Å². The molecule has 0 atom stereocenters. The molecule has 10 heteroatoms. The standard InChI is InChI=1S/C11H15N7O2S/c1-3-12-7-13-8(20-2)15-9(14-7)21-11-17-16-10(19)18(11)6-4-5-6/h6H,3-5H2,1-2H3,(H,16,19)(H,12,13,14,15). The molecule has 0 bridgehead atoms. The molecule has 21 heavy (non-hydrogen) atoms. The Kier molecular flexibility index (Phi) is 3.78. The average molecular weight is 309 g/mol. The van der Waals surface area contributed by atoms with Crippen LogP contribution in [0.15, 0.2) is 15.1 Å². The molecule has 112 valence electrons. The van der Waals surface area contributed by atoms with Gasteiger partial charge in [-0.2, -0.15) is 15.0 Å². The molecule has 1 saturated carbocycles. The number of H-pyrrole nitrogens is 1. The molecule has 1 fully saturated rings. The molecule has 0 saturated heterocycles. The van der Waals surface area contributed by atoms with Gasteiger partial charge in [0.05, 0.1) is 7.11 Å². The molecule has 1 aliphatic rings. The van der Waals surface area contributed by atoms with Gasteiger partial charge in [0.2, 0.25) is 11.1 Å². The van der Waals surface area contributed by atoms with Crippen LogP contribution in [0.2, 0.25) is 0 Å². The van der Waals surface area contributed by atoms with Gasteiger partial charge in [-0.25, -0.2) is 9.89 Å². The highest BCUT2D eigenvalue weighted by Gasteiger charge is 2.29. The van der Waals surface area contributed by atoms with Crippen molar-refractivity contribution in [2.24, 2.45) is 0 Å². The third-order valence-electron chi connectivity index (χ3n) is 2.88. The molecule has 2 N–H and O–H groups in total. The van der Waals surface area contributed by atoms with Crippen LogP contribution < -0.4 is 15.7 Å². The van der Waals surface area contributed by atoms with Gasteiger partial charge in [-0.05, 0) is 31.5 Å². The Hall–Kier alpha value is -2.10. The second kappa shape index (κ2) is 5.72. The minimum Gasteiger partial charge on any atom is -0.467 e. The van der Waals surface area contributed by atoms with Gasteiger partial charge in [0, 0.05) is 12.6 Å². The molecule has 2 aromatic rings. The van der Waals surface area contributed by atoms with Gasteiger partial charge < -0.3 is 10.1 Å². The molecule has 0 amide bonds. The molecule has 3 rings (SSSR count).